The van der Waals surface area contributed by atoms with Crippen LogP contribution >= 0.6 is 12.6 Å². The summed E-state index contributed by atoms with van der Waals surface area (Å²) >= 11 is 3.90. The molecule has 2 atom stereocenters. The fraction of sp³-hybridized carbons (Fsp3) is 0.444. The lowest BCUT2D eigenvalue weighted by molar-refractivity contribution is 0.0307. The van der Waals surface area contributed by atoms with Gasteiger partial charge >= 0.3 is 0 Å². The Kier molecular flexibility index (Phi) is 3.74. The molecule has 0 aliphatic heterocycles. The Hall–Kier alpha value is -0.780. The molecule has 1 aromatic rings. The normalized spacial score (nSPS) is 15.1. The van der Waals surface area contributed by atoms with E-state index in [-0.39, 0.29) is 5.75 Å². The van der Waals surface area contributed by atoms with E-state index in [4.69, 9.17) is 5.73 Å². The second-order valence-corrected chi connectivity index (χ2v) is 3.50. The van der Waals surface area contributed by atoms with E-state index >= 15 is 0 Å². The SMILES string of the molecule is Cc1ccc(N)nc1C(O)C(O)CS. The van der Waals surface area contributed by atoms with Crippen LogP contribution in [0.25, 0.3) is 0 Å². The number of hydrogen-bond donors (Lipinski definition) is 4. The molecule has 0 bridgehead atoms. The van der Waals surface area contributed by atoms with Crippen molar-refractivity contribution in [1.29, 1.82) is 0 Å². The van der Waals surface area contributed by atoms with Gasteiger partial charge in [0.1, 0.15) is 11.9 Å². The van der Waals surface area contributed by atoms with Crippen LogP contribution in [-0.4, -0.2) is 27.1 Å². The van der Waals surface area contributed by atoms with Gasteiger partial charge in [-0.05, 0) is 18.6 Å². The van der Waals surface area contributed by atoms with Crippen LogP contribution < -0.4 is 5.73 Å². The van der Waals surface area contributed by atoms with E-state index in [9.17, 15) is 10.2 Å². The van der Waals surface area contributed by atoms with Crippen molar-refractivity contribution in [3.8, 4) is 0 Å². The molecule has 4 nitrogen and oxygen atoms in total. The van der Waals surface area contributed by atoms with Gasteiger partial charge in [-0.25, -0.2) is 4.98 Å². The van der Waals surface area contributed by atoms with E-state index < -0.39 is 12.2 Å². The molecule has 1 heterocycles. The quantitative estimate of drug-likeness (QED) is 0.546. The summed E-state index contributed by atoms with van der Waals surface area (Å²) in [5.41, 5.74) is 6.69. The smallest absolute Gasteiger partial charge is 0.123 e. The number of aliphatic hydroxyl groups excluding tert-OH is 2. The lowest BCUT2D eigenvalue weighted by Crippen LogP contribution is -2.22. The number of nitrogen functional groups attached to an aromatic ring is 1. The molecule has 0 amide bonds. The van der Waals surface area contributed by atoms with Crippen LogP contribution in [-0.2, 0) is 0 Å². The van der Waals surface area contributed by atoms with Crippen LogP contribution in [0.4, 0.5) is 5.82 Å². The Morgan fingerprint density at radius 2 is 2.14 bits per heavy atom. The standard InChI is InChI=1S/C9H14N2O2S/c1-5-2-3-7(10)11-8(5)9(13)6(12)4-14/h2-3,6,9,12-14H,4H2,1H3,(H2,10,11). The van der Waals surface area contributed by atoms with Crippen LogP contribution in [0.2, 0.25) is 0 Å². The molecule has 14 heavy (non-hydrogen) atoms. The molecule has 2 unspecified atom stereocenters. The summed E-state index contributed by atoms with van der Waals surface area (Å²) in [5, 5.41) is 19.1. The van der Waals surface area contributed by atoms with E-state index in [0.717, 1.165) is 5.56 Å². The first kappa shape index (κ1) is 11.3. The van der Waals surface area contributed by atoms with E-state index in [0.29, 0.717) is 11.5 Å². The summed E-state index contributed by atoms with van der Waals surface area (Å²) < 4.78 is 0. The van der Waals surface area contributed by atoms with Crippen LogP contribution in [0.5, 0.6) is 0 Å². The highest BCUT2D eigenvalue weighted by Gasteiger charge is 2.20. The Balaban J connectivity index is 2.99. The van der Waals surface area contributed by atoms with Gasteiger partial charge in [0.2, 0.25) is 0 Å². The second-order valence-electron chi connectivity index (χ2n) is 3.13. The lowest BCUT2D eigenvalue weighted by Gasteiger charge is -2.17. The van der Waals surface area contributed by atoms with Crippen molar-refractivity contribution in [2.24, 2.45) is 0 Å². The lowest BCUT2D eigenvalue weighted by atomic mass is 10.1. The first-order valence-corrected chi connectivity index (χ1v) is 4.89. The van der Waals surface area contributed by atoms with Gasteiger partial charge in [-0.2, -0.15) is 12.6 Å². The number of hydrogen-bond acceptors (Lipinski definition) is 5. The van der Waals surface area contributed by atoms with Crippen molar-refractivity contribution in [2.75, 3.05) is 11.5 Å². The number of aryl methyl sites for hydroxylation is 1. The highest BCUT2D eigenvalue weighted by Crippen LogP contribution is 2.20. The third kappa shape index (κ3) is 2.37. The Bertz CT molecular complexity index is 320. The first-order chi connectivity index (χ1) is 6.56. The molecule has 0 saturated heterocycles. The topological polar surface area (TPSA) is 79.4 Å². The highest BCUT2D eigenvalue weighted by atomic mass is 32.1. The molecule has 1 rings (SSSR count). The minimum absolute atomic E-state index is 0.178. The van der Waals surface area contributed by atoms with Crippen molar-refractivity contribution in [2.45, 2.75) is 19.1 Å². The van der Waals surface area contributed by atoms with Crippen molar-refractivity contribution < 1.29 is 10.2 Å². The predicted molar refractivity (Wildman–Crippen MR) is 58.2 cm³/mol. The Labute approximate surface area is 88.2 Å². The third-order valence-electron chi connectivity index (χ3n) is 1.99. The number of pyridine rings is 1. The van der Waals surface area contributed by atoms with Gasteiger partial charge in [0.15, 0.2) is 0 Å². The number of rotatable bonds is 3. The predicted octanol–water partition coefficient (Wildman–Crippen LogP) is 0.296. The molecule has 4 N–H and O–H groups in total. The van der Waals surface area contributed by atoms with Crippen molar-refractivity contribution >= 4 is 18.4 Å². The monoisotopic (exact) mass is 214 g/mol. The zero-order valence-corrected chi connectivity index (χ0v) is 8.78. The van der Waals surface area contributed by atoms with Crippen LogP contribution in [0.15, 0.2) is 12.1 Å². The largest absolute Gasteiger partial charge is 0.389 e. The maximum Gasteiger partial charge on any atom is 0.123 e. The van der Waals surface area contributed by atoms with Crippen molar-refractivity contribution in [3.05, 3.63) is 23.4 Å². The van der Waals surface area contributed by atoms with Gasteiger partial charge in [-0.1, -0.05) is 6.07 Å². The van der Waals surface area contributed by atoms with Gasteiger partial charge in [-0.15, -0.1) is 0 Å². The molecule has 0 spiro atoms. The number of thiol groups is 1. The van der Waals surface area contributed by atoms with Crippen LogP contribution in [0, 0.1) is 6.92 Å². The van der Waals surface area contributed by atoms with Crippen molar-refractivity contribution in [1.82, 2.24) is 4.98 Å². The zero-order chi connectivity index (χ0) is 10.7. The fourth-order valence-corrected chi connectivity index (χ4v) is 1.34. The van der Waals surface area contributed by atoms with Gasteiger partial charge in [0.25, 0.3) is 0 Å². The number of nitrogens with two attached hydrogens (primary N) is 1. The molecule has 1 aromatic heterocycles. The van der Waals surface area contributed by atoms with Gasteiger partial charge in [0.05, 0.1) is 11.8 Å². The highest BCUT2D eigenvalue weighted by molar-refractivity contribution is 7.80. The summed E-state index contributed by atoms with van der Waals surface area (Å²) in [6.45, 7) is 1.80. The Morgan fingerprint density at radius 3 is 2.71 bits per heavy atom. The number of aliphatic hydroxyl groups is 2. The van der Waals surface area contributed by atoms with E-state index in [1.807, 2.05) is 0 Å². The minimum Gasteiger partial charge on any atom is -0.389 e. The molecular formula is C9H14N2O2S. The van der Waals surface area contributed by atoms with Gasteiger partial charge in [-0.3, -0.25) is 0 Å². The molecule has 0 fully saturated rings. The number of nitrogens with zero attached hydrogens (tertiary/aromatic N) is 1. The second kappa shape index (κ2) is 4.63. The number of anilines is 1. The van der Waals surface area contributed by atoms with Gasteiger partial charge < -0.3 is 15.9 Å². The van der Waals surface area contributed by atoms with E-state index in [2.05, 4.69) is 17.6 Å². The average Bonchev–Trinajstić information content (AvgIpc) is 2.19. The zero-order valence-electron chi connectivity index (χ0n) is 7.88. The minimum atomic E-state index is -1.03. The van der Waals surface area contributed by atoms with E-state index in [1.54, 1.807) is 19.1 Å². The fourth-order valence-electron chi connectivity index (χ4n) is 1.14. The third-order valence-corrected chi connectivity index (χ3v) is 2.36. The molecule has 0 radical (unpaired) electrons. The molecule has 78 valence electrons. The maximum absolute atomic E-state index is 9.68. The summed E-state index contributed by atoms with van der Waals surface area (Å²) in [4.78, 5) is 3.98. The first-order valence-electron chi connectivity index (χ1n) is 4.26. The summed E-state index contributed by atoms with van der Waals surface area (Å²) in [7, 11) is 0. The number of aromatic nitrogens is 1. The molecule has 0 aliphatic carbocycles. The Morgan fingerprint density at radius 1 is 1.50 bits per heavy atom. The summed E-state index contributed by atoms with van der Waals surface area (Å²) in [6, 6.07) is 3.41. The maximum atomic E-state index is 9.68. The van der Waals surface area contributed by atoms with Crippen LogP contribution in [0.1, 0.15) is 17.4 Å². The molecular weight excluding hydrogens is 200 g/mol. The molecule has 0 aliphatic rings. The molecule has 5 heteroatoms. The molecule has 0 saturated carbocycles. The summed E-state index contributed by atoms with van der Waals surface area (Å²) in [5.74, 6) is 0.507. The average molecular weight is 214 g/mol. The molecule has 0 aromatic carbocycles. The van der Waals surface area contributed by atoms with E-state index in [1.165, 1.54) is 0 Å². The van der Waals surface area contributed by atoms with Crippen molar-refractivity contribution in [3.63, 3.8) is 0 Å². The van der Waals surface area contributed by atoms with Crippen LogP contribution in [0.3, 0.4) is 0 Å². The van der Waals surface area contributed by atoms with Gasteiger partial charge in [0, 0.05) is 5.75 Å². The summed E-state index contributed by atoms with van der Waals surface area (Å²) in [6.07, 6.45) is -1.96.